The van der Waals surface area contributed by atoms with E-state index in [-0.39, 0.29) is 66.1 Å². The summed E-state index contributed by atoms with van der Waals surface area (Å²) >= 11 is 0. The van der Waals surface area contributed by atoms with Crippen molar-refractivity contribution in [3.63, 3.8) is 0 Å². The zero-order chi connectivity index (χ0) is 10.2. The molecule has 0 saturated heterocycles. The second-order valence-electron chi connectivity index (χ2n) is 2.38. The van der Waals surface area contributed by atoms with Crippen LogP contribution in [-0.4, -0.2) is 20.2 Å². The van der Waals surface area contributed by atoms with E-state index < -0.39 is 0 Å². The zero-order valence-corrected chi connectivity index (χ0v) is 13.2. The summed E-state index contributed by atoms with van der Waals surface area (Å²) in [6.07, 6.45) is 3.07. The van der Waals surface area contributed by atoms with Crippen LogP contribution in [0, 0.1) is 0 Å². The molecule has 17 heavy (non-hydrogen) atoms. The minimum atomic E-state index is 0. The molecule has 96 valence electrons. The van der Waals surface area contributed by atoms with E-state index in [0.29, 0.717) is 0 Å². The fourth-order valence-corrected chi connectivity index (χ4v) is 0.707. The van der Waals surface area contributed by atoms with Crippen molar-refractivity contribution in [2.45, 2.75) is 0 Å². The molecule has 0 aliphatic carbocycles. The van der Waals surface area contributed by atoms with Gasteiger partial charge in [0.1, 0.15) is 0 Å². The molecule has 0 saturated carbocycles. The van der Waals surface area contributed by atoms with Gasteiger partial charge in [0.15, 0.2) is 0 Å². The maximum Gasteiger partial charge on any atom is 2.00 e. The van der Waals surface area contributed by atoms with Gasteiger partial charge in [-0.15, -0.1) is 0 Å². The van der Waals surface area contributed by atoms with Gasteiger partial charge >= 0.3 is 20.4 Å². The van der Waals surface area contributed by atoms with Crippen LogP contribution >= 0.6 is 0 Å². The smallest absolute Gasteiger partial charge is 1.00 e. The second-order valence-corrected chi connectivity index (χ2v) is 2.38. The first kappa shape index (κ1) is 21.8. The molecule has 0 amide bonds. The molecule has 0 atom stereocenters. The molecular formula is C10H10Br2N2O2Pd. The number of halogens is 2. The Kier molecular flexibility index (Phi) is 17.4. The number of hydrogen-bond acceptors (Lipinski definition) is 4. The van der Waals surface area contributed by atoms with Crippen LogP contribution in [0.5, 0.6) is 11.8 Å². The van der Waals surface area contributed by atoms with Gasteiger partial charge in [0.25, 0.3) is 0 Å². The molecule has 2 N–H and O–H groups in total. The van der Waals surface area contributed by atoms with Gasteiger partial charge in [0, 0.05) is 24.5 Å². The average molecular weight is 456 g/mol. The monoisotopic (exact) mass is 454 g/mol. The Morgan fingerprint density at radius 3 is 1.18 bits per heavy atom. The van der Waals surface area contributed by atoms with Crippen LogP contribution in [0.15, 0.2) is 48.8 Å². The molecule has 0 aliphatic heterocycles. The number of pyridine rings is 2. The predicted molar refractivity (Wildman–Crippen MR) is 51.8 cm³/mol. The molecular weight excluding hydrogens is 446 g/mol. The minimum absolute atomic E-state index is 0. The van der Waals surface area contributed by atoms with Crippen LogP contribution in [0.3, 0.4) is 0 Å². The number of aromatic nitrogens is 2. The third kappa shape index (κ3) is 11.8. The first-order valence-corrected chi connectivity index (χ1v) is 3.99. The van der Waals surface area contributed by atoms with Gasteiger partial charge in [-0.1, -0.05) is 12.1 Å². The van der Waals surface area contributed by atoms with Gasteiger partial charge in [0.05, 0.1) is 0 Å². The van der Waals surface area contributed by atoms with E-state index in [2.05, 4.69) is 9.97 Å². The molecule has 0 aromatic carbocycles. The fourth-order valence-electron chi connectivity index (χ4n) is 0.707. The van der Waals surface area contributed by atoms with Crippen molar-refractivity contribution >= 4 is 0 Å². The Labute approximate surface area is 134 Å². The van der Waals surface area contributed by atoms with Crippen molar-refractivity contribution in [1.82, 2.24) is 9.97 Å². The van der Waals surface area contributed by atoms with Gasteiger partial charge in [-0.2, -0.15) is 0 Å². The molecule has 0 spiro atoms. The van der Waals surface area contributed by atoms with E-state index in [4.69, 9.17) is 10.2 Å². The number of nitrogens with zero attached hydrogens (tertiary/aromatic N) is 2. The van der Waals surface area contributed by atoms with E-state index in [0.717, 1.165) is 0 Å². The maximum atomic E-state index is 8.52. The van der Waals surface area contributed by atoms with E-state index in [9.17, 15) is 0 Å². The maximum absolute atomic E-state index is 8.52. The summed E-state index contributed by atoms with van der Waals surface area (Å²) in [4.78, 5) is 7.07. The number of hydrogen-bond donors (Lipinski definition) is 2. The van der Waals surface area contributed by atoms with Crippen molar-refractivity contribution in [2.24, 2.45) is 0 Å². The molecule has 4 nitrogen and oxygen atoms in total. The summed E-state index contributed by atoms with van der Waals surface area (Å²) in [7, 11) is 0. The summed E-state index contributed by atoms with van der Waals surface area (Å²) < 4.78 is 0. The Balaban J connectivity index is -0.000000196. The van der Waals surface area contributed by atoms with Crippen molar-refractivity contribution in [3.8, 4) is 11.8 Å². The molecule has 0 bridgehead atoms. The third-order valence-electron chi connectivity index (χ3n) is 1.30. The van der Waals surface area contributed by atoms with Crippen molar-refractivity contribution in [2.75, 3.05) is 0 Å². The predicted octanol–water partition coefficient (Wildman–Crippen LogP) is -4.42. The van der Waals surface area contributed by atoms with Gasteiger partial charge in [-0.3, -0.25) is 0 Å². The summed E-state index contributed by atoms with van der Waals surface area (Å²) in [5.41, 5.74) is 0. The SMILES string of the molecule is Oc1ccccn1.Oc1ccccn1.[Br-].[Br-].[Pd+2]. The van der Waals surface area contributed by atoms with E-state index in [1.165, 1.54) is 24.5 Å². The fraction of sp³-hybridized carbons (Fsp3) is 0. The molecule has 0 radical (unpaired) electrons. The zero-order valence-electron chi connectivity index (χ0n) is 8.48. The first-order chi connectivity index (χ1) is 6.79. The molecule has 0 aliphatic rings. The van der Waals surface area contributed by atoms with Crippen LogP contribution in [0.1, 0.15) is 0 Å². The Hall–Kier alpha value is -0.478. The largest absolute Gasteiger partial charge is 2.00 e. The third-order valence-corrected chi connectivity index (χ3v) is 1.30. The Morgan fingerprint density at radius 1 is 0.706 bits per heavy atom. The minimum Gasteiger partial charge on any atom is -1.00 e. The molecule has 0 fully saturated rings. The Bertz CT molecular complexity index is 328. The number of rotatable bonds is 0. The van der Waals surface area contributed by atoms with Crippen LogP contribution in [0.2, 0.25) is 0 Å². The van der Waals surface area contributed by atoms with Crippen molar-refractivity contribution in [1.29, 1.82) is 0 Å². The van der Waals surface area contributed by atoms with Gasteiger partial charge in [-0.05, 0) is 12.1 Å². The van der Waals surface area contributed by atoms with E-state index >= 15 is 0 Å². The van der Waals surface area contributed by atoms with E-state index in [1.807, 2.05) is 0 Å². The first-order valence-electron chi connectivity index (χ1n) is 3.99. The topological polar surface area (TPSA) is 66.2 Å². The molecule has 2 heterocycles. The summed E-state index contributed by atoms with van der Waals surface area (Å²) in [6.45, 7) is 0. The van der Waals surface area contributed by atoms with E-state index in [1.54, 1.807) is 24.3 Å². The molecule has 2 aromatic heterocycles. The quantitative estimate of drug-likeness (QED) is 0.393. The van der Waals surface area contributed by atoms with Crippen LogP contribution in [-0.2, 0) is 20.4 Å². The molecule has 7 heteroatoms. The average Bonchev–Trinajstić information content (AvgIpc) is 2.21. The van der Waals surface area contributed by atoms with Gasteiger partial charge in [0.2, 0.25) is 11.8 Å². The summed E-state index contributed by atoms with van der Waals surface area (Å²) in [5, 5.41) is 17.0. The normalized spacial score (nSPS) is 7.06. The van der Waals surface area contributed by atoms with Gasteiger partial charge < -0.3 is 44.2 Å². The van der Waals surface area contributed by atoms with Crippen LogP contribution in [0.4, 0.5) is 0 Å². The summed E-state index contributed by atoms with van der Waals surface area (Å²) in [5.74, 6) is 0.144. The van der Waals surface area contributed by atoms with Crippen molar-refractivity contribution < 1.29 is 64.6 Å². The van der Waals surface area contributed by atoms with Crippen LogP contribution < -0.4 is 34.0 Å². The molecule has 2 aromatic rings. The Morgan fingerprint density at radius 2 is 1.06 bits per heavy atom. The number of aromatic hydroxyl groups is 2. The molecule has 0 unspecified atom stereocenters. The van der Waals surface area contributed by atoms with Crippen molar-refractivity contribution in [3.05, 3.63) is 48.8 Å². The standard InChI is InChI=1S/2C5H5NO.2BrH.Pd/c2*7-5-3-1-2-4-6-5;;;/h2*1-4H,(H,6,7);2*1H;/q;;;;+2/p-2. The summed E-state index contributed by atoms with van der Waals surface area (Å²) in [6, 6.07) is 10.0. The molecule has 2 rings (SSSR count). The van der Waals surface area contributed by atoms with Crippen LogP contribution in [0.25, 0.3) is 0 Å². The second kappa shape index (κ2) is 13.6. The van der Waals surface area contributed by atoms with Gasteiger partial charge in [-0.25, -0.2) is 9.97 Å².